The molecule has 1 aromatic heterocycles. The van der Waals surface area contributed by atoms with E-state index in [0.717, 1.165) is 29.8 Å². The minimum absolute atomic E-state index is 0.111. The van der Waals surface area contributed by atoms with Crippen molar-refractivity contribution < 1.29 is 22.4 Å². The Balaban J connectivity index is 2.05. The highest BCUT2D eigenvalue weighted by Crippen LogP contribution is 2.34. The van der Waals surface area contributed by atoms with E-state index in [1.54, 1.807) is 42.6 Å². The van der Waals surface area contributed by atoms with Crippen LogP contribution in [0.15, 0.2) is 53.9 Å². The predicted octanol–water partition coefficient (Wildman–Crippen LogP) is 4.22. The summed E-state index contributed by atoms with van der Waals surface area (Å²) in [5, 5.41) is 0. The largest absolute Gasteiger partial charge is 0.417 e. The number of carbonyl (C=O) groups excluding carboxylic acids is 1. The van der Waals surface area contributed by atoms with Gasteiger partial charge in [0.25, 0.3) is 0 Å². The maximum absolute atomic E-state index is 14.1. The fourth-order valence-corrected chi connectivity index (χ4v) is 2.98. The van der Waals surface area contributed by atoms with Gasteiger partial charge in [-0.1, -0.05) is 6.07 Å². The topological polar surface area (TPSA) is 33.2 Å². The van der Waals surface area contributed by atoms with Gasteiger partial charge < -0.3 is 0 Å². The molecule has 2 heterocycles. The molecule has 1 fully saturated rings. The van der Waals surface area contributed by atoms with Crippen molar-refractivity contribution in [3.05, 3.63) is 76.4 Å². The van der Waals surface area contributed by atoms with Crippen molar-refractivity contribution in [2.24, 2.45) is 0 Å². The van der Waals surface area contributed by atoms with Crippen molar-refractivity contribution in [1.82, 2.24) is 9.88 Å². The van der Waals surface area contributed by atoms with Crippen LogP contribution in [0.3, 0.4) is 0 Å². The van der Waals surface area contributed by atoms with Gasteiger partial charge in [-0.15, -0.1) is 0 Å². The quantitative estimate of drug-likeness (QED) is 0.581. The predicted molar refractivity (Wildman–Crippen MR) is 94.1 cm³/mol. The van der Waals surface area contributed by atoms with Gasteiger partial charge in [-0.05, 0) is 49.0 Å². The second kappa shape index (κ2) is 7.44. The molecular weight excluding hydrogens is 360 g/mol. The molecule has 0 spiro atoms. The number of hydrogen-bond acceptors (Lipinski definition) is 3. The first-order chi connectivity index (χ1) is 12.8. The van der Waals surface area contributed by atoms with Gasteiger partial charge in [0, 0.05) is 42.2 Å². The molecule has 1 aliphatic rings. The Labute approximate surface area is 153 Å². The number of ketones is 1. The van der Waals surface area contributed by atoms with Crippen LogP contribution in [-0.4, -0.2) is 35.8 Å². The van der Waals surface area contributed by atoms with Crippen molar-refractivity contribution in [2.45, 2.75) is 6.18 Å². The molecule has 1 aliphatic heterocycles. The van der Waals surface area contributed by atoms with Crippen LogP contribution in [0.1, 0.15) is 16.7 Å². The normalized spacial score (nSPS) is 19.1. The maximum atomic E-state index is 14.1. The second-order valence-corrected chi connectivity index (χ2v) is 6.32. The smallest absolute Gasteiger partial charge is 0.298 e. The first kappa shape index (κ1) is 19.0. The third kappa shape index (κ3) is 4.31. The molecule has 0 amide bonds. The Hall–Kier alpha value is -2.80. The van der Waals surface area contributed by atoms with Gasteiger partial charge >= 0.3 is 6.18 Å². The average Bonchev–Trinajstić information content (AvgIpc) is 2.60. The van der Waals surface area contributed by atoms with E-state index in [-0.39, 0.29) is 17.9 Å². The van der Waals surface area contributed by atoms with Gasteiger partial charge in [-0.2, -0.15) is 13.2 Å². The van der Waals surface area contributed by atoms with Gasteiger partial charge in [0.1, 0.15) is 5.82 Å². The number of likely N-dealkylation sites (N-methyl/N-ethyl adjacent to an activating group) is 1. The lowest BCUT2D eigenvalue weighted by Gasteiger charge is -2.26. The van der Waals surface area contributed by atoms with Crippen molar-refractivity contribution in [3.8, 4) is 0 Å². The summed E-state index contributed by atoms with van der Waals surface area (Å²) in [5.41, 5.74) is -0.432. The molecule has 1 saturated heterocycles. The van der Waals surface area contributed by atoms with Gasteiger partial charge in [0.15, 0.2) is 5.78 Å². The molecule has 0 radical (unpaired) electrons. The number of alkyl halides is 3. The molecule has 0 bridgehead atoms. The molecule has 3 rings (SSSR count). The molecule has 7 heteroatoms. The fourth-order valence-electron chi connectivity index (χ4n) is 2.98. The van der Waals surface area contributed by atoms with Crippen molar-refractivity contribution >= 4 is 17.9 Å². The Kier molecular flexibility index (Phi) is 5.23. The van der Waals surface area contributed by atoms with E-state index >= 15 is 0 Å². The lowest BCUT2D eigenvalue weighted by molar-refractivity contribution is -0.138. The van der Waals surface area contributed by atoms with Crippen LogP contribution in [0.2, 0.25) is 0 Å². The average molecular weight is 376 g/mol. The SMILES string of the molecule is CN1CC(=Cc2ccncc2)C(=O)/C(=C/c2c(F)cccc2C(F)(F)F)C1. The number of Topliss-reactive ketones (excluding diaryl/α,β-unsaturated/α-hetero) is 1. The summed E-state index contributed by atoms with van der Waals surface area (Å²) >= 11 is 0. The van der Waals surface area contributed by atoms with E-state index in [1.165, 1.54) is 0 Å². The molecule has 3 nitrogen and oxygen atoms in total. The summed E-state index contributed by atoms with van der Waals surface area (Å²) < 4.78 is 53.7. The minimum Gasteiger partial charge on any atom is -0.298 e. The highest BCUT2D eigenvalue weighted by atomic mass is 19.4. The van der Waals surface area contributed by atoms with Gasteiger partial charge in [-0.3, -0.25) is 14.7 Å². The Morgan fingerprint density at radius 1 is 1.04 bits per heavy atom. The molecule has 140 valence electrons. The number of piperidine rings is 1. The molecule has 1 aromatic carbocycles. The number of carbonyl (C=O) groups is 1. The number of rotatable bonds is 2. The number of likely N-dealkylation sites (tertiary alicyclic amines) is 1. The Morgan fingerprint density at radius 3 is 2.30 bits per heavy atom. The van der Waals surface area contributed by atoms with E-state index in [0.29, 0.717) is 12.1 Å². The van der Waals surface area contributed by atoms with Crippen molar-refractivity contribution in [1.29, 1.82) is 0 Å². The van der Waals surface area contributed by atoms with E-state index in [4.69, 9.17) is 0 Å². The summed E-state index contributed by atoms with van der Waals surface area (Å²) in [6, 6.07) is 6.20. The number of aromatic nitrogens is 1. The van der Waals surface area contributed by atoms with Crippen molar-refractivity contribution in [2.75, 3.05) is 20.1 Å². The van der Waals surface area contributed by atoms with Crippen molar-refractivity contribution in [3.63, 3.8) is 0 Å². The summed E-state index contributed by atoms with van der Waals surface area (Å²) in [7, 11) is 1.74. The number of hydrogen-bond donors (Lipinski definition) is 0. The standard InChI is InChI=1S/C20H16F4N2O/c1-26-11-14(9-13-5-7-25-8-6-13)19(27)15(12-26)10-16-17(20(22,23)24)3-2-4-18(16)21/h2-10H,11-12H2,1H3/b14-9?,15-10+. The summed E-state index contributed by atoms with van der Waals surface area (Å²) in [5.74, 6) is -1.40. The number of nitrogens with zero attached hydrogens (tertiary/aromatic N) is 2. The molecular formula is C20H16F4N2O. The van der Waals surface area contributed by atoms with Crippen LogP contribution >= 0.6 is 0 Å². The van der Waals surface area contributed by atoms with Gasteiger partial charge in [0.2, 0.25) is 0 Å². The van der Waals surface area contributed by atoms with Crippen LogP contribution < -0.4 is 0 Å². The second-order valence-electron chi connectivity index (χ2n) is 6.32. The zero-order valence-electron chi connectivity index (χ0n) is 14.4. The van der Waals surface area contributed by atoms with E-state index in [9.17, 15) is 22.4 Å². The molecule has 27 heavy (non-hydrogen) atoms. The van der Waals surface area contributed by atoms with E-state index < -0.39 is 23.1 Å². The Bertz CT molecular complexity index is 917. The minimum atomic E-state index is -4.71. The highest BCUT2D eigenvalue weighted by Gasteiger charge is 2.34. The monoisotopic (exact) mass is 376 g/mol. The van der Waals surface area contributed by atoms with E-state index in [1.807, 2.05) is 0 Å². The van der Waals surface area contributed by atoms with Crippen LogP contribution in [0.4, 0.5) is 17.6 Å². The number of pyridine rings is 1. The Morgan fingerprint density at radius 2 is 1.67 bits per heavy atom. The third-order valence-corrected chi connectivity index (χ3v) is 4.19. The zero-order chi connectivity index (χ0) is 19.6. The first-order valence-electron chi connectivity index (χ1n) is 8.16. The lowest BCUT2D eigenvalue weighted by Crippen LogP contribution is -2.34. The van der Waals surface area contributed by atoms with Crippen LogP contribution in [-0.2, 0) is 11.0 Å². The zero-order valence-corrected chi connectivity index (χ0v) is 14.4. The maximum Gasteiger partial charge on any atom is 0.417 e. The molecule has 0 saturated carbocycles. The third-order valence-electron chi connectivity index (χ3n) is 4.19. The molecule has 0 N–H and O–H groups in total. The number of benzene rings is 1. The van der Waals surface area contributed by atoms with Gasteiger partial charge in [0.05, 0.1) is 5.56 Å². The molecule has 0 unspecified atom stereocenters. The number of halogens is 4. The van der Waals surface area contributed by atoms with Gasteiger partial charge in [-0.25, -0.2) is 4.39 Å². The van der Waals surface area contributed by atoms with E-state index in [2.05, 4.69) is 4.98 Å². The fraction of sp³-hybridized carbons (Fsp3) is 0.200. The highest BCUT2D eigenvalue weighted by molar-refractivity contribution is 6.14. The van der Waals surface area contributed by atoms with Crippen LogP contribution in [0.5, 0.6) is 0 Å². The summed E-state index contributed by atoms with van der Waals surface area (Å²) in [4.78, 5) is 18.5. The molecule has 0 atom stereocenters. The van der Waals surface area contributed by atoms with Crippen LogP contribution in [0, 0.1) is 5.82 Å². The molecule has 2 aromatic rings. The van der Waals surface area contributed by atoms with Crippen LogP contribution in [0.25, 0.3) is 12.2 Å². The lowest BCUT2D eigenvalue weighted by atomic mass is 9.93. The molecule has 0 aliphatic carbocycles. The summed E-state index contributed by atoms with van der Waals surface area (Å²) in [6.07, 6.45) is 1.12. The first-order valence-corrected chi connectivity index (χ1v) is 8.16. The summed E-state index contributed by atoms with van der Waals surface area (Å²) in [6.45, 7) is 0.486.